The fraction of sp³-hybridized carbons (Fsp3) is 0.120. The SMILES string of the molecule is CC[C@@H](OC(=O)c1ccccc1N1C(=O)c2ccccc2C1=O)C(=O)c1ccccc1. The van der Waals surface area contributed by atoms with Crippen molar-refractivity contribution in [3.63, 3.8) is 0 Å². The molecule has 0 spiro atoms. The van der Waals surface area contributed by atoms with Gasteiger partial charge in [0.2, 0.25) is 5.78 Å². The molecule has 0 bridgehead atoms. The number of anilines is 1. The number of fused-ring (bicyclic) bond motifs is 1. The smallest absolute Gasteiger partial charge is 0.341 e. The number of hydrogen-bond donors (Lipinski definition) is 0. The summed E-state index contributed by atoms with van der Waals surface area (Å²) in [6, 6.07) is 21.3. The molecule has 0 unspecified atom stereocenters. The van der Waals surface area contributed by atoms with Gasteiger partial charge in [-0.2, -0.15) is 0 Å². The summed E-state index contributed by atoms with van der Waals surface area (Å²) in [5.74, 6) is -2.10. The number of carbonyl (C=O) groups is 4. The molecule has 0 radical (unpaired) electrons. The maximum Gasteiger partial charge on any atom is 0.341 e. The maximum atomic E-state index is 13.0. The monoisotopic (exact) mass is 413 g/mol. The topological polar surface area (TPSA) is 80.8 Å². The average molecular weight is 413 g/mol. The normalized spacial score (nSPS) is 13.6. The van der Waals surface area contributed by atoms with Crippen LogP contribution in [0.15, 0.2) is 78.9 Å². The van der Waals surface area contributed by atoms with E-state index in [1.807, 2.05) is 0 Å². The summed E-state index contributed by atoms with van der Waals surface area (Å²) in [6.07, 6.45) is -0.695. The van der Waals surface area contributed by atoms with Crippen LogP contribution in [-0.2, 0) is 4.74 Å². The predicted octanol–water partition coefficient (Wildman–Crippen LogP) is 4.31. The lowest BCUT2D eigenvalue weighted by molar-refractivity contribution is 0.0278. The van der Waals surface area contributed by atoms with E-state index >= 15 is 0 Å². The van der Waals surface area contributed by atoms with Gasteiger partial charge in [-0.05, 0) is 30.7 Å². The van der Waals surface area contributed by atoms with E-state index < -0.39 is 23.9 Å². The molecule has 1 aliphatic heterocycles. The molecular weight excluding hydrogens is 394 g/mol. The fourth-order valence-electron chi connectivity index (χ4n) is 3.55. The summed E-state index contributed by atoms with van der Waals surface area (Å²) in [7, 11) is 0. The minimum atomic E-state index is -0.981. The van der Waals surface area contributed by atoms with Crippen molar-refractivity contribution < 1.29 is 23.9 Å². The summed E-state index contributed by atoms with van der Waals surface area (Å²) < 4.78 is 5.51. The van der Waals surface area contributed by atoms with Gasteiger partial charge in [0.25, 0.3) is 11.8 Å². The van der Waals surface area contributed by atoms with E-state index in [1.165, 1.54) is 12.1 Å². The van der Waals surface area contributed by atoms with Gasteiger partial charge in [0.15, 0.2) is 6.10 Å². The Morgan fingerprint density at radius 2 is 1.35 bits per heavy atom. The van der Waals surface area contributed by atoms with Crippen LogP contribution in [0.4, 0.5) is 5.69 Å². The molecule has 4 rings (SSSR count). The highest BCUT2D eigenvalue weighted by Crippen LogP contribution is 2.31. The number of esters is 1. The first-order valence-corrected chi connectivity index (χ1v) is 9.90. The summed E-state index contributed by atoms with van der Waals surface area (Å²) in [6.45, 7) is 1.74. The number of hydrogen-bond acceptors (Lipinski definition) is 5. The highest BCUT2D eigenvalue weighted by Gasteiger charge is 2.38. The molecule has 2 amide bonds. The average Bonchev–Trinajstić information content (AvgIpc) is 3.07. The van der Waals surface area contributed by atoms with Crippen LogP contribution in [-0.4, -0.2) is 29.7 Å². The number of amides is 2. The van der Waals surface area contributed by atoms with Crippen molar-refractivity contribution >= 4 is 29.3 Å². The molecule has 31 heavy (non-hydrogen) atoms. The largest absolute Gasteiger partial charge is 0.450 e. The lowest BCUT2D eigenvalue weighted by atomic mass is 10.0. The second kappa shape index (κ2) is 8.36. The predicted molar refractivity (Wildman–Crippen MR) is 114 cm³/mol. The zero-order valence-corrected chi connectivity index (χ0v) is 16.8. The molecule has 0 N–H and O–H groups in total. The molecule has 0 aromatic heterocycles. The van der Waals surface area contributed by atoms with Gasteiger partial charge in [-0.25, -0.2) is 9.69 Å². The van der Waals surface area contributed by atoms with Gasteiger partial charge in [0.1, 0.15) is 0 Å². The van der Waals surface area contributed by atoms with Gasteiger partial charge in [0.05, 0.1) is 22.4 Å². The second-order valence-electron chi connectivity index (χ2n) is 7.04. The Hall–Kier alpha value is -4.06. The van der Waals surface area contributed by atoms with Crippen LogP contribution in [0.5, 0.6) is 0 Å². The summed E-state index contributed by atoms with van der Waals surface area (Å²) in [5, 5.41) is 0. The van der Waals surface area contributed by atoms with Gasteiger partial charge in [-0.15, -0.1) is 0 Å². The van der Waals surface area contributed by atoms with Gasteiger partial charge in [-0.1, -0.05) is 61.5 Å². The van der Waals surface area contributed by atoms with Crippen molar-refractivity contribution in [1.29, 1.82) is 0 Å². The van der Waals surface area contributed by atoms with Crippen LogP contribution in [0, 0.1) is 0 Å². The standard InChI is InChI=1S/C25H19NO5/c1-2-21(22(27)16-10-4-3-5-11-16)31-25(30)19-14-8-9-15-20(19)26-23(28)17-12-6-7-13-18(17)24(26)29/h3-15,21H,2H2,1H3/t21-/m1/s1. The lowest BCUT2D eigenvalue weighted by Gasteiger charge is -2.20. The molecule has 6 nitrogen and oxygen atoms in total. The maximum absolute atomic E-state index is 13.0. The first kappa shape index (κ1) is 20.2. The number of ketones is 1. The van der Waals surface area contributed by atoms with Crippen LogP contribution in [0.1, 0.15) is 54.8 Å². The van der Waals surface area contributed by atoms with Crippen LogP contribution in [0.2, 0.25) is 0 Å². The minimum Gasteiger partial charge on any atom is -0.450 e. The Morgan fingerprint density at radius 3 is 1.97 bits per heavy atom. The molecule has 1 aliphatic rings. The quantitative estimate of drug-likeness (QED) is 0.342. The number of benzene rings is 3. The molecular formula is C25H19NO5. The van der Waals surface area contributed by atoms with E-state index in [2.05, 4.69) is 0 Å². The van der Waals surface area contributed by atoms with Gasteiger partial charge in [0, 0.05) is 5.56 Å². The number of carbonyl (C=O) groups excluding carboxylic acids is 4. The zero-order chi connectivity index (χ0) is 22.0. The second-order valence-corrected chi connectivity index (χ2v) is 7.04. The molecule has 3 aromatic rings. The van der Waals surface area contributed by atoms with Crippen molar-refractivity contribution in [1.82, 2.24) is 0 Å². The van der Waals surface area contributed by atoms with Crippen molar-refractivity contribution in [2.24, 2.45) is 0 Å². The summed E-state index contributed by atoms with van der Waals surface area (Å²) in [4.78, 5) is 52.4. The van der Waals surface area contributed by atoms with Crippen LogP contribution in [0.3, 0.4) is 0 Å². The minimum absolute atomic E-state index is 0.0383. The molecule has 6 heteroatoms. The van der Waals surface area contributed by atoms with Gasteiger partial charge in [-0.3, -0.25) is 14.4 Å². The molecule has 1 atom stereocenters. The van der Waals surface area contributed by atoms with E-state index in [0.29, 0.717) is 5.56 Å². The third kappa shape index (κ3) is 3.64. The van der Waals surface area contributed by atoms with Crippen molar-refractivity contribution in [3.05, 3.63) is 101 Å². The Balaban J connectivity index is 1.63. The lowest BCUT2D eigenvalue weighted by Crippen LogP contribution is -2.32. The third-order valence-corrected chi connectivity index (χ3v) is 5.13. The zero-order valence-electron chi connectivity index (χ0n) is 16.8. The van der Waals surface area contributed by atoms with E-state index in [9.17, 15) is 19.2 Å². The molecule has 0 aliphatic carbocycles. The number of ether oxygens (including phenoxy) is 1. The molecule has 1 heterocycles. The van der Waals surface area contributed by atoms with Gasteiger partial charge >= 0.3 is 5.97 Å². The third-order valence-electron chi connectivity index (χ3n) is 5.13. The van der Waals surface area contributed by atoms with E-state index in [0.717, 1.165) is 4.90 Å². The molecule has 0 saturated carbocycles. The van der Waals surface area contributed by atoms with E-state index in [4.69, 9.17) is 4.74 Å². The Labute approximate surface area is 179 Å². The summed E-state index contributed by atoms with van der Waals surface area (Å²) >= 11 is 0. The first-order valence-electron chi connectivity index (χ1n) is 9.90. The van der Waals surface area contributed by atoms with Gasteiger partial charge < -0.3 is 4.74 Å². The van der Waals surface area contributed by atoms with Crippen molar-refractivity contribution in [3.8, 4) is 0 Å². The number of imide groups is 1. The van der Waals surface area contributed by atoms with E-state index in [-0.39, 0.29) is 34.6 Å². The van der Waals surface area contributed by atoms with Crippen LogP contribution < -0.4 is 4.90 Å². The Kier molecular flexibility index (Phi) is 5.45. The molecule has 154 valence electrons. The van der Waals surface area contributed by atoms with Crippen LogP contribution >= 0.6 is 0 Å². The highest BCUT2D eigenvalue weighted by atomic mass is 16.5. The highest BCUT2D eigenvalue weighted by molar-refractivity contribution is 6.35. The van der Waals surface area contributed by atoms with Crippen molar-refractivity contribution in [2.45, 2.75) is 19.4 Å². The molecule has 0 fully saturated rings. The van der Waals surface area contributed by atoms with Crippen LogP contribution in [0.25, 0.3) is 0 Å². The molecule has 0 saturated heterocycles. The fourth-order valence-corrected chi connectivity index (χ4v) is 3.55. The Bertz CT molecular complexity index is 1150. The first-order chi connectivity index (χ1) is 15.0. The Morgan fingerprint density at radius 1 is 0.806 bits per heavy atom. The number of para-hydroxylation sites is 1. The number of rotatable bonds is 6. The molecule has 3 aromatic carbocycles. The number of nitrogens with zero attached hydrogens (tertiary/aromatic N) is 1. The van der Waals surface area contributed by atoms with E-state index in [1.54, 1.807) is 73.7 Å². The van der Waals surface area contributed by atoms with Crippen molar-refractivity contribution in [2.75, 3.05) is 4.90 Å². The number of Topliss-reactive ketones (excluding diaryl/α,β-unsaturated/α-hetero) is 1. The summed E-state index contributed by atoms with van der Waals surface area (Å²) in [5.41, 5.74) is 1.16.